The van der Waals surface area contributed by atoms with Crippen molar-refractivity contribution in [1.82, 2.24) is 4.57 Å². The Morgan fingerprint density at radius 3 is 1.64 bits per heavy atom. The summed E-state index contributed by atoms with van der Waals surface area (Å²) in [4.78, 5) is 2.44. The number of aromatic nitrogens is 1. The van der Waals surface area contributed by atoms with Crippen LogP contribution in [0.3, 0.4) is 0 Å². The van der Waals surface area contributed by atoms with Crippen LogP contribution in [0, 0.1) is 0 Å². The van der Waals surface area contributed by atoms with E-state index in [9.17, 15) is 0 Å². The molecule has 10 aromatic rings. The maximum atomic E-state index is 2.52. The van der Waals surface area contributed by atoms with Gasteiger partial charge in [-0.15, -0.1) is 0 Å². The molecule has 55 heavy (non-hydrogen) atoms. The number of nitrogens with zero attached hydrogens (tertiary/aromatic N) is 2. The predicted octanol–water partition coefficient (Wildman–Crippen LogP) is 13.8. The summed E-state index contributed by atoms with van der Waals surface area (Å²) in [5.74, 6) is 0. The molecule has 12 rings (SSSR count). The van der Waals surface area contributed by atoms with Gasteiger partial charge >= 0.3 is 0 Å². The van der Waals surface area contributed by atoms with E-state index in [0.717, 1.165) is 22.7 Å². The molecule has 0 fully saturated rings. The molecule has 9 aromatic carbocycles. The lowest BCUT2D eigenvalue weighted by atomic mass is 9.63. The first-order valence-corrected chi connectivity index (χ1v) is 19.1. The molecule has 0 bridgehead atoms. The molecule has 0 unspecified atom stereocenters. The van der Waals surface area contributed by atoms with Gasteiger partial charge in [-0.25, -0.2) is 0 Å². The summed E-state index contributed by atoms with van der Waals surface area (Å²) in [6, 6.07) is 76.2. The van der Waals surface area contributed by atoms with Crippen molar-refractivity contribution in [3.05, 3.63) is 229 Å². The minimum atomic E-state index is -0.523. The third-order valence-electron chi connectivity index (χ3n) is 12.1. The number of anilines is 3. The van der Waals surface area contributed by atoms with Crippen molar-refractivity contribution in [3.8, 4) is 27.9 Å². The Morgan fingerprint density at radius 1 is 0.345 bits per heavy atom. The summed E-state index contributed by atoms with van der Waals surface area (Å²) < 4.78 is 2.50. The number of benzene rings is 9. The molecule has 2 aliphatic carbocycles. The molecule has 256 valence electrons. The number of hydrogen-bond donors (Lipinski definition) is 0. The van der Waals surface area contributed by atoms with Crippen LogP contribution in [-0.4, -0.2) is 4.57 Å². The minimum absolute atomic E-state index is 0.523. The molecule has 2 aliphatic rings. The summed E-state index contributed by atoms with van der Waals surface area (Å²) in [5.41, 5.74) is 16.8. The molecule has 0 radical (unpaired) electrons. The fourth-order valence-corrected chi connectivity index (χ4v) is 10.00. The molecule has 0 saturated heterocycles. The van der Waals surface area contributed by atoms with Gasteiger partial charge in [-0.1, -0.05) is 152 Å². The lowest BCUT2D eigenvalue weighted by Gasteiger charge is -2.38. The highest BCUT2D eigenvalue weighted by molar-refractivity contribution is 6.27. The third kappa shape index (κ3) is 4.08. The number of fused-ring (bicyclic) bond motifs is 7. The van der Waals surface area contributed by atoms with E-state index >= 15 is 0 Å². The van der Waals surface area contributed by atoms with E-state index in [1.807, 2.05) is 0 Å². The fraction of sp³-hybridized carbons (Fsp3) is 0.0189. The summed E-state index contributed by atoms with van der Waals surface area (Å²) in [6.45, 7) is 0. The van der Waals surface area contributed by atoms with Crippen molar-refractivity contribution in [3.63, 3.8) is 0 Å². The van der Waals surface area contributed by atoms with Crippen molar-refractivity contribution in [1.29, 1.82) is 0 Å². The monoisotopic (exact) mass is 698 g/mol. The molecule has 0 atom stereocenters. The quantitative estimate of drug-likeness (QED) is 0.174. The fourth-order valence-electron chi connectivity index (χ4n) is 10.00. The SMILES string of the molecule is c1ccc(-c2ccc(N(c3ccccc3)c3cc4c5c6c7c(cccc7ccc6n(-c6ccccc6)c5c3)C43c4ccccc4-c4ccccc43)cc2)cc1. The standard InChI is InChI=1S/C53H34N2/c1-4-15-35(16-5-1)36-27-30-40(31-28-36)54(38-18-6-2-7-19-38)41-33-47-51-49(34-41)55(39-20-8-3-9-21-39)48-32-29-37-17-14-26-46(50(37)52(48)51)53(47)44-24-12-10-22-42(44)43-23-11-13-25-45(43)53/h1-34H. The average molecular weight is 699 g/mol. The van der Waals surface area contributed by atoms with E-state index in [0.29, 0.717) is 0 Å². The second kappa shape index (κ2) is 11.4. The van der Waals surface area contributed by atoms with Crippen LogP contribution < -0.4 is 4.90 Å². The van der Waals surface area contributed by atoms with Gasteiger partial charge in [0.15, 0.2) is 0 Å². The first kappa shape index (κ1) is 30.3. The molecule has 2 nitrogen and oxygen atoms in total. The molecule has 1 aromatic heterocycles. The van der Waals surface area contributed by atoms with Gasteiger partial charge in [-0.3, -0.25) is 0 Å². The summed E-state index contributed by atoms with van der Waals surface area (Å²) in [7, 11) is 0. The Labute approximate surface area is 319 Å². The maximum absolute atomic E-state index is 2.52. The molecule has 2 heteroatoms. The Morgan fingerprint density at radius 2 is 0.927 bits per heavy atom. The van der Waals surface area contributed by atoms with Crippen LogP contribution in [-0.2, 0) is 5.41 Å². The minimum Gasteiger partial charge on any atom is -0.310 e. The largest absolute Gasteiger partial charge is 0.310 e. The lowest BCUT2D eigenvalue weighted by Crippen LogP contribution is -2.31. The first-order valence-electron chi connectivity index (χ1n) is 19.1. The van der Waals surface area contributed by atoms with Crippen LogP contribution in [0.25, 0.3) is 60.5 Å². The summed E-state index contributed by atoms with van der Waals surface area (Å²) in [6.07, 6.45) is 0. The smallest absolute Gasteiger partial charge is 0.0727 e. The molecular formula is C53H34N2. The van der Waals surface area contributed by atoms with Crippen molar-refractivity contribution in [2.75, 3.05) is 4.90 Å². The molecule has 0 aliphatic heterocycles. The number of hydrogen-bond acceptors (Lipinski definition) is 1. The molecular weight excluding hydrogens is 665 g/mol. The second-order valence-electron chi connectivity index (χ2n) is 14.8. The molecule has 0 N–H and O–H groups in total. The molecule has 1 heterocycles. The van der Waals surface area contributed by atoms with Gasteiger partial charge in [0.25, 0.3) is 0 Å². The van der Waals surface area contributed by atoms with E-state index in [2.05, 4.69) is 216 Å². The zero-order valence-electron chi connectivity index (χ0n) is 30.0. The van der Waals surface area contributed by atoms with E-state index in [1.165, 1.54) is 77.1 Å². The van der Waals surface area contributed by atoms with Gasteiger partial charge in [0, 0.05) is 33.5 Å². The molecule has 0 amide bonds. The van der Waals surface area contributed by atoms with Crippen molar-refractivity contribution in [2.24, 2.45) is 0 Å². The van der Waals surface area contributed by atoms with Gasteiger partial charge in [0.05, 0.1) is 16.4 Å². The number of rotatable bonds is 5. The molecule has 0 saturated carbocycles. The van der Waals surface area contributed by atoms with E-state index in [-0.39, 0.29) is 0 Å². The van der Waals surface area contributed by atoms with Crippen molar-refractivity contribution in [2.45, 2.75) is 5.41 Å². The van der Waals surface area contributed by atoms with Crippen LogP contribution in [0.2, 0.25) is 0 Å². The second-order valence-corrected chi connectivity index (χ2v) is 14.8. The van der Waals surface area contributed by atoms with Crippen LogP contribution in [0.15, 0.2) is 206 Å². The Hall–Kier alpha value is -7.16. The topological polar surface area (TPSA) is 8.17 Å². The summed E-state index contributed by atoms with van der Waals surface area (Å²) >= 11 is 0. The van der Waals surface area contributed by atoms with Crippen LogP contribution in [0.1, 0.15) is 22.3 Å². The Kier molecular flexibility index (Phi) is 6.29. The Balaban J connectivity index is 1.25. The zero-order chi connectivity index (χ0) is 36.1. The normalized spacial score (nSPS) is 13.2. The van der Waals surface area contributed by atoms with Gasteiger partial charge in [0.2, 0.25) is 0 Å². The maximum Gasteiger partial charge on any atom is 0.0727 e. The number of para-hydroxylation sites is 2. The summed E-state index contributed by atoms with van der Waals surface area (Å²) in [5, 5.41) is 5.28. The predicted molar refractivity (Wildman–Crippen MR) is 229 cm³/mol. The van der Waals surface area contributed by atoms with Gasteiger partial charge in [-0.2, -0.15) is 0 Å². The first-order chi connectivity index (χ1) is 27.3. The van der Waals surface area contributed by atoms with Gasteiger partial charge in [-0.05, 0) is 110 Å². The highest BCUT2D eigenvalue weighted by Crippen LogP contribution is 2.63. The third-order valence-corrected chi connectivity index (χ3v) is 12.1. The Bertz CT molecular complexity index is 3080. The van der Waals surface area contributed by atoms with Crippen molar-refractivity contribution >= 4 is 49.6 Å². The van der Waals surface area contributed by atoms with Crippen LogP contribution in [0.4, 0.5) is 17.1 Å². The highest BCUT2D eigenvalue weighted by atomic mass is 15.1. The van der Waals surface area contributed by atoms with Crippen molar-refractivity contribution < 1.29 is 0 Å². The van der Waals surface area contributed by atoms with Gasteiger partial charge < -0.3 is 9.47 Å². The van der Waals surface area contributed by atoms with Crippen LogP contribution in [0.5, 0.6) is 0 Å². The van der Waals surface area contributed by atoms with Gasteiger partial charge in [0.1, 0.15) is 0 Å². The van der Waals surface area contributed by atoms with E-state index in [1.54, 1.807) is 0 Å². The lowest BCUT2D eigenvalue weighted by molar-refractivity contribution is 0.783. The zero-order valence-corrected chi connectivity index (χ0v) is 30.0. The molecule has 1 spiro atoms. The average Bonchev–Trinajstić information content (AvgIpc) is 3.75. The van der Waals surface area contributed by atoms with E-state index < -0.39 is 5.41 Å². The highest BCUT2D eigenvalue weighted by Gasteiger charge is 2.50. The van der Waals surface area contributed by atoms with Crippen LogP contribution >= 0.6 is 0 Å². The van der Waals surface area contributed by atoms with E-state index in [4.69, 9.17) is 0 Å².